The van der Waals surface area contributed by atoms with Crippen molar-refractivity contribution in [1.82, 2.24) is 10.2 Å². The molecule has 22 heavy (non-hydrogen) atoms. The summed E-state index contributed by atoms with van der Waals surface area (Å²) in [6.45, 7) is 4.66. The fourth-order valence-corrected chi connectivity index (χ4v) is 2.58. The van der Waals surface area contributed by atoms with Gasteiger partial charge in [-0.05, 0) is 18.9 Å². The SMILES string of the molecule is CCCCNC(=O)[C@@H]1OCC(=O)N(C)[C@H]1c1ccc(C)cc1. The van der Waals surface area contributed by atoms with Crippen LogP contribution in [0.3, 0.4) is 0 Å². The lowest BCUT2D eigenvalue weighted by Crippen LogP contribution is -2.53. The van der Waals surface area contributed by atoms with Gasteiger partial charge in [0.2, 0.25) is 5.91 Å². The standard InChI is InChI=1S/C17H24N2O3/c1-4-5-10-18-17(21)16-15(19(3)14(20)11-22-16)13-8-6-12(2)7-9-13/h6-9,15-16H,4-5,10-11H2,1-3H3,(H,18,21)/t15-,16+/m0/s1. The number of rotatable bonds is 5. The van der Waals surface area contributed by atoms with Crippen molar-refractivity contribution in [3.05, 3.63) is 35.4 Å². The van der Waals surface area contributed by atoms with E-state index in [9.17, 15) is 9.59 Å². The number of nitrogens with zero attached hydrogens (tertiary/aromatic N) is 1. The second-order valence-electron chi connectivity index (χ2n) is 5.74. The molecule has 2 amide bonds. The average molecular weight is 304 g/mol. The first-order chi connectivity index (χ1) is 10.5. The van der Waals surface area contributed by atoms with E-state index < -0.39 is 6.10 Å². The second-order valence-corrected chi connectivity index (χ2v) is 5.74. The highest BCUT2D eigenvalue weighted by molar-refractivity contribution is 5.86. The minimum Gasteiger partial charge on any atom is -0.356 e. The van der Waals surface area contributed by atoms with Gasteiger partial charge in [0.15, 0.2) is 6.10 Å². The molecular formula is C17H24N2O3. The van der Waals surface area contributed by atoms with Gasteiger partial charge in [0, 0.05) is 13.6 Å². The largest absolute Gasteiger partial charge is 0.356 e. The second kappa shape index (κ2) is 7.40. The number of hydrogen-bond donors (Lipinski definition) is 1. The summed E-state index contributed by atoms with van der Waals surface area (Å²) in [4.78, 5) is 26.0. The molecule has 1 saturated heterocycles. The van der Waals surface area contributed by atoms with Crippen LogP contribution in [0, 0.1) is 6.92 Å². The highest BCUT2D eigenvalue weighted by Crippen LogP contribution is 2.29. The van der Waals surface area contributed by atoms with Gasteiger partial charge in [-0.15, -0.1) is 0 Å². The van der Waals surface area contributed by atoms with Crippen LogP contribution in [0.15, 0.2) is 24.3 Å². The molecule has 5 nitrogen and oxygen atoms in total. The van der Waals surface area contributed by atoms with Crippen molar-refractivity contribution < 1.29 is 14.3 Å². The van der Waals surface area contributed by atoms with Gasteiger partial charge in [-0.25, -0.2) is 0 Å². The van der Waals surface area contributed by atoms with Gasteiger partial charge in [0.05, 0.1) is 6.04 Å². The molecule has 2 rings (SSSR count). The molecule has 1 aromatic rings. The van der Waals surface area contributed by atoms with Crippen molar-refractivity contribution in [3.63, 3.8) is 0 Å². The lowest BCUT2D eigenvalue weighted by molar-refractivity contribution is -0.162. The number of hydrogen-bond acceptors (Lipinski definition) is 3. The van der Waals surface area contributed by atoms with Gasteiger partial charge in [-0.1, -0.05) is 43.2 Å². The molecule has 0 radical (unpaired) electrons. The molecule has 1 aliphatic heterocycles. The molecule has 120 valence electrons. The molecule has 0 bridgehead atoms. The van der Waals surface area contributed by atoms with E-state index >= 15 is 0 Å². The number of benzene rings is 1. The van der Waals surface area contributed by atoms with Crippen molar-refractivity contribution in [2.45, 2.75) is 38.8 Å². The normalized spacial score (nSPS) is 21.8. The predicted molar refractivity (Wildman–Crippen MR) is 84.3 cm³/mol. The van der Waals surface area contributed by atoms with Crippen LogP contribution in [0.25, 0.3) is 0 Å². The third-order valence-electron chi connectivity index (χ3n) is 3.99. The van der Waals surface area contributed by atoms with E-state index in [1.807, 2.05) is 31.2 Å². The Morgan fingerprint density at radius 2 is 2.05 bits per heavy atom. The van der Waals surface area contributed by atoms with E-state index in [4.69, 9.17) is 4.74 Å². The van der Waals surface area contributed by atoms with Gasteiger partial charge in [-0.3, -0.25) is 9.59 Å². The summed E-state index contributed by atoms with van der Waals surface area (Å²) in [6, 6.07) is 7.47. The number of nitrogens with one attached hydrogen (secondary N) is 1. The smallest absolute Gasteiger partial charge is 0.251 e. The van der Waals surface area contributed by atoms with Gasteiger partial charge >= 0.3 is 0 Å². The topological polar surface area (TPSA) is 58.6 Å². The van der Waals surface area contributed by atoms with Gasteiger partial charge < -0.3 is 15.0 Å². The summed E-state index contributed by atoms with van der Waals surface area (Å²) in [5, 5.41) is 2.90. The summed E-state index contributed by atoms with van der Waals surface area (Å²) in [7, 11) is 1.72. The van der Waals surface area contributed by atoms with Crippen LogP contribution < -0.4 is 5.32 Å². The van der Waals surface area contributed by atoms with Crippen LogP contribution in [-0.4, -0.2) is 43.0 Å². The quantitative estimate of drug-likeness (QED) is 0.844. The molecule has 1 heterocycles. The molecule has 0 unspecified atom stereocenters. The molecule has 1 aliphatic rings. The van der Waals surface area contributed by atoms with Crippen molar-refractivity contribution in [3.8, 4) is 0 Å². The van der Waals surface area contributed by atoms with E-state index in [2.05, 4.69) is 12.2 Å². The van der Waals surface area contributed by atoms with Crippen molar-refractivity contribution >= 4 is 11.8 Å². The molecular weight excluding hydrogens is 280 g/mol. The maximum atomic E-state index is 12.4. The van der Waals surface area contributed by atoms with Crippen molar-refractivity contribution in [2.24, 2.45) is 0 Å². The van der Waals surface area contributed by atoms with E-state index in [0.29, 0.717) is 6.54 Å². The zero-order valence-corrected chi connectivity index (χ0v) is 13.5. The van der Waals surface area contributed by atoms with Crippen LogP contribution in [-0.2, 0) is 14.3 Å². The molecule has 0 saturated carbocycles. The molecule has 0 aromatic heterocycles. The first kappa shape index (κ1) is 16.5. The minimum atomic E-state index is -0.665. The third kappa shape index (κ3) is 3.65. The highest BCUT2D eigenvalue weighted by Gasteiger charge is 2.39. The Hall–Kier alpha value is -1.88. The van der Waals surface area contributed by atoms with Gasteiger partial charge in [0.25, 0.3) is 5.91 Å². The Kier molecular flexibility index (Phi) is 5.55. The monoisotopic (exact) mass is 304 g/mol. The van der Waals surface area contributed by atoms with Crippen LogP contribution in [0.1, 0.15) is 36.9 Å². The molecule has 2 atom stereocenters. The number of carbonyl (C=O) groups excluding carboxylic acids is 2. The lowest BCUT2D eigenvalue weighted by Gasteiger charge is -2.38. The fraction of sp³-hybridized carbons (Fsp3) is 0.529. The van der Waals surface area contributed by atoms with Crippen molar-refractivity contribution in [1.29, 1.82) is 0 Å². The molecule has 1 aromatic carbocycles. The first-order valence-corrected chi connectivity index (χ1v) is 7.76. The summed E-state index contributed by atoms with van der Waals surface area (Å²) in [6.07, 6.45) is 1.29. The number of ether oxygens (including phenoxy) is 1. The van der Waals surface area contributed by atoms with E-state index in [1.54, 1.807) is 11.9 Å². The first-order valence-electron chi connectivity index (χ1n) is 7.76. The highest BCUT2D eigenvalue weighted by atomic mass is 16.5. The number of carbonyl (C=O) groups is 2. The molecule has 0 aliphatic carbocycles. The van der Waals surface area contributed by atoms with E-state index in [0.717, 1.165) is 24.0 Å². The molecule has 1 fully saturated rings. The Morgan fingerprint density at radius 3 is 2.68 bits per heavy atom. The van der Waals surface area contributed by atoms with E-state index in [1.165, 1.54) is 0 Å². The number of unbranched alkanes of at least 4 members (excludes halogenated alkanes) is 1. The fourth-order valence-electron chi connectivity index (χ4n) is 2.58. The summed E-state index contributed by atoms with van der Waals surface area (Å²) in [5.41, 5.74) is 2.05. The Bertz CT molecular complexity index is 527. The maximum Gasteiger partial charge on any atom is 0.251 e. The Morgan fingerprint density at radius 1 is 1.36 bits per heavy atom. The van der Waals surface area contributed by atoms with Crippen LogP contribution >= 0.6 is 0 Å². The number of morpholine rings is 1. The van der Waals surface area contributed by atoms with E-state index in [-0.39, 0.29) is 24.5 Å². The Balaban J connectivity index is 2.20. The Labute approximate surface area is 131 Å². The number of likely N-dealkylation sites (N-methyl/N-ethyl adjacent to an activating group) is 1. The molecule has 5 heteroatoms. The lowest BCUT2D eigenvalue weighted by atomic mass is 9.96. The van der Waals surface area contributed by atoms with Gasteiger partial charge in [-0.2, -0.15) is 0 Å². The number of aryl methyl sites for hydroxylation is 1. The summed E-state index contributed by atoms with van der Waals surface area (Å²) in [5.74, 6) is -0.262. The minimum absolute atomic E-state index is 0.0509. The zero-order chi connectivity index (χ0) is 16.1. The number of amides is 2. The van der Waals surface area contributed by atoms with Crippen LogP contribution in [0.4, 0.5) is 0 Å². The zero-order valence-electron chi connectivity index (χ0n) is 13.5. The molecule has 1 N–H and O–H groups in total. The summed E-state index contributed by atoms with van der Waals surface area (Å²) < 4.78 is 5.55. The van der Waals surface area contributed by atoms with Gasteiger partial charge in [0.1, 0.15) is 6.61 Å². The summed E-state index contributed by atoms with van der Waals surface area (Å²) >= 11 is 0. The van der Waals surface area contributed by atoms with Crippen molar-refractivity contribution in [2.75, 3.05) is 20.2 Å². The molecule has 0 spiro atoms. The predicted octanol–water partition coefficient (Wildman–Crippen LogP) is 1.81. The maximum absolute atomic E-state index is 12.4. The average Bonchev–Trinajstić information content (AvgIpc) is 2.51. The van der Waals surface area contributed by atoms with Crippen LogP contribution in [0.2, 0.25) is 0 Å². The third-order valence-corrected chi connectivity index (χ3v) is 3.99. The van der Waals surface area contributed by atoms with Crippen LogP contribution in [0.5, 0.6) is 0 Å².